The highest BCUT2D eigenvalue weighted by atomic mass is 16.5. The number of hydrogen-bond acceptors (Lipinski definition) is 4. The first-order chi connectivity index (χ1) is 6.63. The molecule has 0 amide bonds. The van der Waals surface area contributed by atoms with Crippen LogP contribution in [0.3, 0.4) is 0 Å². The Bertz CT molecular complexity index is 214. The highest BCUT2D eigenvalue weighted by Gasteiger charge is 2.27. The van der Waals surface area contributed by atoms with Gasteiger partial charge in [0.25, 0.3) is 0 Å². The van der Waals surface area contributed by atoms with Crippen molar-refractivity contribution < 1.29 is 19.7 Å². The standard InChI is InChI=1S/C10H16O4/c1-2-10(13)14-6-7-3-4-8(11)9(12)5-7/h2,7-9,11-12H,1,3-6H2. The number of carbonyl (C=O) groups excluding carboxylic acids is 1. The van der Waals surface area contributed by atoms with Gasteiger partial charge in [-0.1, -0.05) is 6.58 Å². The van der Waals surface area contributed by atoms with Crippen molar-refractivity contribution in [1.82, 2.24) is 0 Å². The third-order valence-electron chi connectivity index (χ3n) is 2.52. The molecule has 1 aliphatic rings. The second-order valence-electron chi connectivity index (χ2n) is 3.65. The Morgan fingerprint density at radius 1 is 1.43 bits per heavy atom. The Morgan fingerprint density at radius 3 is 2.71 bits per heavy atom. The number of aliphatic hydroxyl groups excluding tert-OH is 2. The molecule has 2 N–H and O–H groups in total. The highest BCUT2D eigenvalue weighted by molar-refractivity contribution is 5.81. The van der Waals surface area contributed by atoms with Crippen molar-refractivity contribution in [3.8, 4) is 0 Å². The molecule has 0 aliphatic heterocycles. The van der Waals surface area contributed by atoms with E-state index in [4.69, 9.17) is 4.74 Å². The minimum Gasteiger partial charge on any atom is -0.462 e. The van der Waals surface area contributed by atoms with E-state index in [1.807, 2.05) is 0 Å². The van der Waals surface area contributed by atoms with Gasteiger partial charge >= 0.3 is 5.97 Å². The minimum absolute atomic E-state index is 0.150. The quantitative estimate of drug-likeness (QED) is 0.506. The van der Waals surface area contributed by atoms with Crippen molar-refractivity contribution in [3.05, 3.63) is 12.7 Å². The van der Waals surface area contributed by atoms with E-state index in [0.29, 0.717) is 19.4 Å². The molecule has 0 bridgehead atoms. The van der Waals surface area contributed by atoms with Gasteiger partial charge in [-0.25, -0.2) is 4.79 Å². The Labute approximate surface area is 83.2 Å². The topological polar surface area (TPSA) is 66.8 Å². The molecule has 0 radical (unpaired) electrons. The summed E-state index contributed by atoms with van der Waals surface area (Å²) in [5.41, 5.74) is 0. The monoisotopic (exact) mass is 200 g/mol. The van der Waals surface area contributed by atoms with Crippen LogP contribution in [0.2, 0.25) is 0 Å². The molecule has 1 rings (SSSR count). The molecule has 4 heteroatoms. The lowest BCUT2D eigenvalue weighted by Crippen LogP contribution is -2.35. The third-order valence-corrected chi connectivity index (χ3v) is 2.52. The maximum absolute atomic E-state index is 10.7. The maximum atomic E-state index is 10.7. The van der Waals surface area contributed by atoms with E-state index in [1.54, 1.807) is 0 Å². The predicted molar refractivity (Wildman–Crippen MR) is 50.5 cm³/mol. The molecule has 0 aromatic carbocycles. The Balaban J connectivity index is 2.26. The number of hydrogen-bond donors (Lipinski definition) is 2. The molecule has 3 unspecified atom stereocenters. The van der Waals surface area contributed by atoms with Crippen LogP contribution in [0.1, 0.15) is 19.3 Å². The lowest BCUT2D eigenvalue weighted by molar-refractivity contribution is -0.140. The molecule has 1 saturated carbocycles. The van der Waals surface area contributed by atoms with Crippen LogP contribution in [0, 0.1) is 5.92 Å². The molecule has 4 nitrogen and oxygen atoms in total. The van der Waals surface area contributed by atoms with Crippen molar-refractivity contribution in [2.75, 3.05) is 6.61 Å². The zero-order valence-corrected chi connectivity index (χ0v) is 8.06. The molecule has 1 fully saturated rings. The number of ether oxygens (including phenoxy) is 1. The van der Waals surface area contributed by atoms with Crippen LogP contribution in [0.4, 0.5) is 0 Å². The van der Waals surface area contributed by atoms with Gasteiger partial charge < -0.3 is 14.9 Å². The van der Waals surface area contributed by atoms with E-state index in [0.717, 1.165) is 12.5 Å². The van der Waals surface area contributed by atoms with E-state index in [2.05, 4.69) is 6.58 Å². The van der Waals surface area contributed by atoms with Crippen LogP contribution in [-0.4, -0.2) is 35.0 Å². The number of rotatable bonds is 3. The van der Waals surface area contributed by atoms with Crippen LogP contribution in [0.25, 0.3) is 0 Å². The van der Waals surface area contributed by atoms with Gasteiger partial charge in [-0.3, -0.25) is 0 Å². The highest BCUT2D eigenvalue weighted by Crippen LogP contribution is 2.24. The van der Waals surface area contributed by atoms with Gasteiger partial charge in [-0.05, 0) is 25.2 Å². The Hall–Kier alpha value is -0.870. The predicted octanol–water partition coefficient (Wildman–Crippen LogP) is 0.238. The van der Waals surface area contributed by atoms with Gasteiger partial charge in [0, 0.05) is 6.08 Å². The van der Waals surface area contributed by atoms with Gasteiger partial charge in [-0.2, -0.15) is 0 Å². The smallest absolute Gasteiger partial charge is 0.330 e. The summed E-state index contributed by atoms with van der Waals surface area (Å²) in [6.45, 7) is 3.59. The molecular weight excluding hydrogens is 184 g/mol. The van der Waals surface area contributed by atoms with Gasteiger partial charge in [0.2, 0.25) is 0 Å². The normalized spacial score (nSPS) is 32.3. The minimum atomic E-state index is -0.684. The summed E-state index contributed by atoms with van der Waals surface area (Å²) < 4.78 is 4.86. The number of esters is 1. The van der Waals surface area contributed by atoms with Gasteiger partial charge in [0.15, 0.2) is 0 Å². The largest absolute Gasteiger partial charge is 0.462 e. The van der Waals surface area contributed by atoms with E-state index in [-0.39, 0.29) is 5.92 Å². The average Bonchev–Trinajstić information content (AvgIpc) is 2.19. The second-order valence-corrected chi connectivity index (χ2v) is 3.65. The average molecular weight is 200 g/mol. The molecule has 80 valence electrons. The maximum Gasteiger partial charge on any atom is 0.330 e. The van der Waals surface area contributed by atoms with E-state index < -0.39 is 18.2 Å². The second kappa shape index (κ2) is 5.12. The lowest BCUT2D eigenvalue weighted by Gasteiger charge is -2.29. The van der Waals surface area contributed by atoms with Gasteiger partial charge in [-0.15, -0.1) is 0 Å². The number of carbonyl (C=O) groups is 1. The lowest BCUT2D eigenvalue weighted by atomic mass is 9.86. The summed E-state index contributed by atoms with van der Waals surface area (Å²) in [4.78, 5) is 10.7. The fourth-order valence-corrected chi connectivity index (χ4v) is 1.63. The van der Waals surface area contributed by atoms with E-state index >= 15 is 0 Å². The van der Waals surface area contributed by atoms with Crippen LogP contribution >= 0.6 is 0 Å². The van der Waals surface area contributed by atoms with Crippen LogP contribution in [-0.2, 0) is 9.53 Å². The summed E-state index contributed by atoms with van der Waals surface area (Å²) in [6, 6.07) is 0. The molecule has 1 aliphatic carbocycles. The first kappa shape index (κ1) is 11.2. The van der Waals surface area contributed by atoms with E-state index in [9.17, 15) is 15.0 Å². The molecule has 0 saturated heterocycles. The van der Waals surface area contributed by atoms with Gasteiger partial charge in [0.05, 0.1) is 18.8 Å². The van der Waals surface area contributed by atoms with Gasteiger partial charge in [0.1, 0.15) is 0 Å². The summed E-state index contributed by atoms with van der Waals surface area (Å²) in [5, 5.41) is 18.6. The van der Waals surface area contributed by atoms with Crippen molar-refractivity contribution in [2.24, 2.45) is 5.92 Å². The fourth-order valence-electron chi connectivity index (χ4n) is 1.63. The summed E-state index contributed by atoms with van der Waals surface area (Å²) in [5.74, 6) is -0.289. The van der Waals surface area contributed by atoms with Crippen LogP contribution in [0.15, 0.2) is 12.7 Å². The fraction of sp³-hybridized carbons (Fsp3) is 0.700. The van der Waals surface area contributed by atoms with Crippen molar-refractivity contribution in [1.29, 1.82) is 0 Å². The molecule has 14 heavy (non-hydrogen) atoms. The Morgan fingerprint density at radius 2 is 2.14 bits per heavy atom. The summed E-state index contributed by atoms with van der Waals surface area (Å²) in [6.07, 6.45) is 1.65. The first-order valence-electron chi connectivity index (χ1n) is 4.78. The third kappa shape index (κ3) is 3.12. The molecular formula is C10H16O4. The van der Waals surface area contributed by atoms with Crippen molar-refractivity contribution in [2.45, 2.75) is 31.5 Å². The van der Waals surface area contributed by atoms with Crippen LogP contribution < -0.4 is 0 Å². The molecule has 3 atom stereocenters. The van der Waals surface area contributed by atoms with Crippen molar-refractivity contribution in [3.63, 3.8) is 0 Å². The van der Waals surface area contributed by atoms with E-state index in [1.165, 1.54) is 0 Å². The zero-order chi connectivity index (χ0) is 10.6. The van der Waals surface area contributed by atoms with Crippen molar-refractivity contribution >= 4 is 5.97 Å². The summed E-state index contributed by atoms with van der Waals surface area (Å²) >= 11 is 0. The zero-order valence-electron chi connectivity index (χ0n) is 8.06. The molecule has 0 spiro atoms. The molecule has 0 heterocycles. The Kier molecular flexibility index (Phi) is 4.10. The number of aliphatic hydroxyl groups is 2. The summed E-state index contributed by atoms with van der Waals surface area (Å²) in [7, 11) is 0. The first-order valence-corrected chi connectivity index (χ1v) is 4.78. The molecule has 0 aromatic rings. The molecule has 0 aromatic heterocycles. The SMILES string of the molecule is C=CC(=O)OCC1CCC(O)C(O)C1. The van der Waals surface area contributed by atoms with Crippen LogP contribution in [0.5, 0.6) is 0 Å².